The number of hydrogen-bond donors (Lipinski definition) is 1. The smallest absolute Gasteiger partial charge is 0.148 e. The molecular weight excluding hydrogens is 200 g/mol. The Morgan fingerprint density at radius 1 is 1.55 bits per heavy atom. The maximum Gasteiger partial charge on any atom is 0.148 e. The molecule has 0 unspecified atom stereocenters. The van der Waals surface area contributed by atoms with Crippen molar-refractivity contribution in [3.8, 4) is 0 Å². The van der Waals surface area contributed by atoms with Crippen LogP contribution in [0.15, 0.2) is 16.6 Å². The molecule has 2 aromatic heterocycles. The lowest BCUT2D eigenvalue weighted by atomic mass is 10.5. The van der Waals surface area contributed by atoms with Gasteiger partial charge in [-0.15, -0.1) is 24.0 Å². The third kappa shape index (κ3) is 1.34. The average molecular weight is 203 g/mol. The molecule has 0 aromatic carbocycles. The minimum absolute atomic E-state index is 0.495. The minimum atomic E-state index is 0.495. The maximum atomic E-state index is 5.67. The van der Waals surface area contributed by atoms with Gasteiger partial charge in [0.05, 0.1) is 10.9 Å². The van der Waals surface area contributed by atoms with Gasteiger partial charge in [-0.1, -0.05) is 11.6 Å². The Morgan fingerprint density at radius 3 is 3.18 bits per heavy atom. The van der Waals surface area contributed by atoms with E-state index in [-0.39, 0.29) is 0 Å². The number of halogens is 1. The van der Waals surface area contributed by atoms with Gasteiger partial charge < -0.3 is 0 Å². The molecule has 0 atom stereocenters. The first kappa shape index (κ1) is 7.34. The van der Waals surface area contributed by atoms with Crippen molar-refractivity contribution in [1.82, 2.24) is 9.97 Å². The predicted octanol–water partition coefficient (Wildman–Crippen LogP) is 2.63. The third-order valence-electron chi connectivity index (χ3n) is 1.23. The zero-order chi connectivity index (χ0) is 7.84. The highest BCUT2D eigenvalue weighted by molar-refractivity contribution is 7.82. The molecule has 0 aliphatic heterocycles. The first-order valence-electron chi connectivity index (χ1n) is 2.87. The summed E-state index contributed by atoms with van der Waals surface area (Å²) >= 11 is 11.3. The Hall–Kier alpha value is -0.320. The second kappa shape index (κ2) is 2.62. The van der Waals surface area contributed by atoms with Gasteiger partial charge in [0, 0.05) is 0 Å². The quantitative estimate of drug-likeness (QED) is 0.525. The molecule has 0 N–H and O–H groups in total. The predicted molar refractivity (Wildman–Crippen MR) is 49.7 cm³/mol. The van der Waals surface area contributed by atoms with Gasteiger partial charge >= 0.3 is 0 Å². The first-order valence-corrected chi connectivity index (χ1v) is 4.51. The fraction of sp³-hybridized carbons (Fsp3) is 0. The van der Waals surface area contributed by atoms with Crippen LogP contribution in [-0.4, -0.2) is 9.97 Å². The van der Waals surface area contributed by atoms with Crippen LogP contribution in [-0.2, 0) is 0 Å². The summed E-state index contributed by atoms with van der Waals surface area (Å²) in [4.78, 5) is 8.01. The van der Waals surface area contributed by atoms with E-state index < -0.39 is 0 Å². The molecule has 2 heterocycles. The molecule has 0 aliphatic carbocycles. The summed E-state index contributed by atoms with van der Waals surface area (Å²) < 4.78 is 1.76. The summed E-state index contributed by atoms with van der Waals surface area (Å²) in [6, 6.07) is 1.79. The SMILES string of the molecule is Sc1nc2cnc(Cl)cc2s1. The highest BCUT2D eigenvalue weighted by atomic mass is 35.5. The Balaban J connectivity index is 2.82. The number of hydrogen-bond acceptors (Lipinski definition) is 4. The van der Waals surface area contributed by atoms with Crippen LogP contribution in [0.5, 0.6) is 0 Å². The van der Waals surface area contributed by atoms with Gasteiger partial charge in [0.2, 0.25) is 0 Å². The highest BCUT2D eigenvalue weighted by Gasteiger charge is 2.00. The number of rotatable bonds is 0. The van der Waals surface area contributed by atoms with E-state index in [1.165, 1.54) is 11.3 Å². The van der Waals surface area contributed by atoms with Crippen molar-refractivity contribution in [3.63, 3.8) is 0 Å². The minimum Gasteiger partial charge on any atom is -0.242 e. The highest BCUT2D eigenvalue weighted by Crippen LogP contribution is 2.25. The monoisotopic (exact) mass is 202 g/mol. The van der Waals surface area contributed by atoms with E-state index in [1.54, 1.807) is 12.3 Å². The summed E-state index contributed by atoms with van der Waals surface area (Å²) in [7, 11) is 0. The third-order valence-corrected chi connectivity index (χ3v) is 2.63. The molecule has 2 rings (SSSR count). The van der Waals surface area contributed by atoms with E-state index in [1.807, 2.05) is 0 Å². The van der Waals surface area contributed by atoms with E-state index >= 15 is 0 Å². The largest absolute Gasteiger partial charge is 0.242 e. The summed E-state index contributed by atoms with van der Waals surface area (Å²) in [5, 5.41) is 0.495. The van der Waals surface area contributed by atoms with Gasteiger partial charge in [0.15, 0.2) is 0 Å². The number of fused-ring (bicyclic) bond motifs is 1. The van der Waals surface area contributed by atoms with Gasteiger partial charge in [-0.25, -0.2) is 9.97 Å². The normalized spacial score (nSPS) is 10.7. The number of pyridine rings is 1. The molecule has 11 heavy (non-hydrogen) atoms. The molecule has 0 bridgehead atoms. The summed E-state index contributed by atoms with van der Waals surface area (Å²) in [5.74, 6) is 0. The van der Waals surface area contributed by atoms with Crippen LogP contribution in [0.25, 0.3) is 10.2 Å². The Kier molecular flexibility index (Phi) is 1.75. The zero-order valence-corrected chi connectivity index (χ0v) is 7.75. The second-order valence-electron chi connectivity index (χ2n) is 1.97. The lowest BCUT2D eigenvalue weighted by Gasteiger charge is -1.85. The van der Waals surface area contributed by atoms with Crippen LogP contribution in [0.1, 0.15) is 0 Å². The van der Waals surface area contributed by atoms with Crippen LogP contribution < -0.4 is 0 Å². The molecule has 0 fully saturated rings. The first-order chi connectivity index (χ1) is 5.25. The van der Waals surface area contributed by atoms with Crippen LogP contribution >= 0.6 is 35.6 Å². The summed E-state index contributed by atoms with van der Waals surface area (Å²) in [6.45, 7) is 0. The Labute approximate surface area is 77.7 Å². The fourth-order valence-corrected chi connectivity index (χ4v) is 2.14. The maximum absolute atomic E-state index is 5.67. The average Bonchev–Trinajstić information content (AvgIpc) is 2.27. The lowest BCUT2D eigenvalue weighted by molar-refractivity contribution is 1.28. The summed E-state index contributed by atoms with van der Waals surface area (Å²) in [5.41, 5.74) is 0.851. The molecule has 0 radical (unpaired) electrons. The van der Waals surface area contributed by atoms with Gasteiger partial charge in [0.25, 0.3) is 0 Å². The van der Waals surface area contributed by atoms with E-state index in [9.17, 15) is 0 Å². The van der Waals surface area contributed by atoms with E-state index in [4.69, 9.17) is 11.6 Å². The van der Waals surface area contributed by atoms with Gasteiger partial charge in [-0.2, -0.15) is 0 Å². The fourth-order valence-electron chi connectivity index (χ4n) is 0.796. The van der Waals surface area contributed by atoms with Crippen LogP contribution in [0.2, 0.25) is 5.15 Å². The number of aromatic nitrogens is 2. The standard InChI is InChI=1S/C6H3ClN2S2/c7-5-1-4-3(2-8-5)9-6(10)11-4/h1-2H,(H,9,10). The van der Waals surface area contributed by atoms with Gasteiger partial charge in [-0.05, 0) is 6.07 Å². The van der Waals surface area contributed by atoms with Crippen molar-refractivity contribution in [2.45, 2.75) is 4.34 Å². The van der Waals surface area contributed by atoms with Crippen LogP contribution in [0, 0.1) is 0 Å². The molecule has 0 aliphatic rings. The molecule has 56 valence electrons. The van der Waals surface area contributed by atoms with Crippen molar-refractivity contribution in [1.29, 1.82) is 0 Å². The molecular formula is C6H3ClN2S2. The Bertz CT molecular complexity index is 398. The van der Waals surface area contributed by atoms with Crippen molar-refractivity contribution < 1.29 is 0 Å². The van der Waals surface area contributed by atoms with Crippen LogP contribution in [0.3, 0.4) is 0 Å². The van der Waals surface area contributed by atoms with E-state index in [0.717, 1.165) is 14.6 Å². The van der Waals surface area contributed by atoms with Crippen LogP contribution in [0.4, 0.5) is 0 Å². The molecule has 5 heteroatoms. The molecule has 0 saturated heterocycles. The van der Waals surface area contributed by atoms with Gasteiger partial charge in [0.1, 0.15) is 15.0 Å². The van der Waals surface area contributed by atoms with Crippen molar-refractivity contribution in [2.24, 2.45) is 0 Å². The zero-order valence-electron chi connectivity index (χ0n) is 5.28. The lowest BCUT2D eigenvalue weighted by Crippen LogP contribution is -1.72. The topological polar surface area (TPSA) is 25.8 Å². The van der Waals surface area contributed by atoms with E-state index in [2.05, 4.69) is 22.6 Å². The molecule has 0 saturated carbocycles. The Morgan fingerprint density at radius 2 is 2.36 bits per heavy atom. The number of thiol groups is 1. The molecule has 0 amide bonds. The molecule has 2 nitrogen and oxygen atoms in total. The van der Waals surface area contributed by atoms with Gasteiger partial charge in [-0.3, -0.25) is 0 Å². The van der Waals surface area contributed by atoms with Crippen molar-refractivity contribution in [2.75, 3.05) is 0 Å². The van der Waals surface area contributed by atoms with E-state index in [0.29, 0.717) is 5.15 Å². The van der Waals surface area contributed by atoms with Crippen molar-refractivity contribution >= 4 is 45.8 Å². The van der Waals surface area contributed by atoms with Crippen molar-refractivity contribution in [3.05, 3.63) is 17.4 Å². The molecule has 0 spiro atoms. The molecule has 2 aromatic rings. The number of thiazole rings is 1. The second-order valence-corrected chi connectivity index (χ2v) is 4.12. The number of nitrogens with zero attached hydrogens (tertiary/aromatic N) is 2. The summed E-state index contributed by atoms with van der Waals surface area (Å²) in [6.07, 6.45) is 1.65.